The highest BCUT2D eigenvalue weighted by Crippen LogP contribution is 2.19. The molecule has 1 aromatic carbocycles. The smallest absolute Gasteiger partial charge is 0.317 e. The molecule has 23 heavy (non-hydrogen) atoms. The Hall–Kier alpha value is -2.18. The fourth-order valence-electron chi connectivity index (χ4n) is 2.85. The van der Waals surface area contributed by atoms with E-state index < -0.39 is 11.6 Å². The third-order valence-corrected chi connectivity index (χ3v) is 3.97. The van der Waals surface area contributed by atoms with Crippen molar-refractivity contribution in [2.75, 3.05) is 19.6 Å². The van der Waals surface area contributed by atoms with Crippen LogP contribution in [0.15, 0.2) is 18.2 Å². The van der Waals surface area contributed by atoms with Gasteiger partial charge in [-0.25, -0.2) is 13.6 Å². The zero-order valence-electron chi connectivity index (χ0n) is 12.9. The van der Waals surface area contributed by atoms with E-state index in [4.69, 9.17) is 5.73 Å². The van der Waals surface area contributed by atoms with Crippen LogP contribution in [-0.4, -0.2) is 36.5 Å². The molecule has 1 fully saturated rings. The van der Waals surface area contributed by atoms with Gasteiger partial charge in [0.1, 0.15) is 11.6 Å². The Kier molecular flexibility index (Phi) is 5.90. The van der Waals surface area contributed by atoms with Crippen molar-refractivity contribution in [2.45, 2.75) is 25.7 Å². The number of rotatable bonds is 5. The van der Waals surface area contributed by atoms with Gasteiger partial charge in [-0.2, -0.15) is 0 Å². The standard InChI is InChI=1S/C16H21F2N3O2/c17-13-3-4-14(18)12(9-13)5-6-20-16(23)21-7-1-2-11(10-21)8-15(19)22/h3-4,9,11H,1-2,5-8,10H2,(H2,19,22)(H,20,23). The van der Waals surface area contributed by atoms with Gasteiger partial charge in [-0.15, -0.1) is 0 Å². The van der Waals surface area contributed by atoms with Gasteiger partial charge in [0, 0.05) is 26.1 Å². The molecule has 7 heteroatoms. The zero-order chi connectivity index (χ0) is 16.8. The second kappa shape index (κ2) is 7.89. The lowest BCUT2D eigenvalue weighted by Crippen LogP contribution is -2.46. The monoisotopic (exact) mass is 325 g/mol. The molecular weight excluding hydrogens is 304 g/mol. The Bertz CT molecular complexity index is 580. The normalized spacial score (nSPS) is 17.8. The second-order valence-corrected chi connectivity index (χ2v) is 5.84. The van der Waals surface area contributed by atoms with E-state index in [2.05, 4.69) is 5.32 Å². The fraction of sp³-hybridized carbons (Fsp3) is 0.500. The summed E-state index contributed by atoms with van der Waals surface area (Å²) >= 11 is 0. The number of nitrogens with two attached hydrogens (primary N) is 1. The van der Waals surface area contributed by atoms with E-state index in [9.17, 15) is 18.4 Å². The largest absolute Gasteiger partial charge is 0.370 e. The summed E-state index contributed by atoms with van der Waals surface area (Å²) in [6.07, 6.45) is 2.19. The van der Waals surface area contributed by atoms with Gasteiger partial charge in [-0.05, 0) is 48.9 Å². The first kappa shape index (κ1) is 17.2. The van der Waals surface area contributed by atoms with Crippen LogP contribution in [0, 0.1) is 17.6 Å². The summed E-state index contributed by atoms with van der Waals surface area (Å²) in [6.45, 7) is 1.33. The molecule has 1 aromatic rings. The average Bonchev–Trinajstić information content (AvgIpc) is 2.50. The van der Waals surface area contributed by atoms with Gasteiger partial charge in [0.15, 0.2) is 0 Å². The van der Waals surface area contributed by atoms with Crippen molar-refractivity contribution < 1.29 is 18.4 Å². The highest BCUT2D eigenvalue weighted by Gasteiger charge is 2.24. The maximum Gasteiger partial charge on any atom is 0.317 e. The van der Waals surface area contributed by atoms with Crippen LogP contribution in [0.5, 0.6) is 0 Å². The van der Waals surface area contributed by atoms with E-state index in [1.165, 1.54) is 0 Å². The van der Waals surface area contributed by atoms with E-state index in [0.29, 0.717) is 13.1 Å². The molecule has 2 rings (SSSR count). The Labute approximate surface area is 133 Å². The number of piperidine rings is 1. The van der Waals surface area contributed by atoms with Crippen molar-refractivity contribution in [3.05, 3.63) is 35.4 Å². The molecule has 1 heterocycles. The van der Waals surface area contributed by atoms with Crippen molar-refractivity contribution in [3.63, 3.8) is 0 Å². The third-order valence-electron chi connectivity index (χ3n) is 3.97. The van der Waals surface area contributed by atoms with Gasteiger partial charge in [0.2, 0.25) is 5.91 Å². The molecule has 3 N–H and O–H groups in total. The predicted molar refractivity (Wildman–Crippen MR) is 81.6 cm³/mol. The zero-order valence-corrected chi connectivity index (χ0v) is 12.9. The molecule has 0 aromatic heterocycles. The summed E-state index contributed by atoms with van der Waals surface area (Å²) in [5, 5.41) is 2.70. The summed E-state index contributed by atoms with van der Waals surface area (Å²) in [4.78, 5) is 24.7. The first-order valence-corrected chi connectivity index (χ1v) is 7.70. The molecule has 126 valence electrons. The lowest BCUT2D eigenvalue weighted by molar-refractivity contribution is -0.119. The first-order valence-electron chi connectivity index (χ1n) is 7.70. The minimum absolute atomic E-state index is 0.0904. The van der Waals surface area contributed by atoms with Crippen LogP contribution in [0.3, 0.4) is 0 Å². The Morgan fingerprint density at radius 1 is 1.35 bits per heavy atom. The molecule has 1 aliphatic rings. The Balaban J connectivity index is 1.80. The third kappa shape index (κ3) is 5.19. The molecule has 0 aliphatic carbocycles. The molecular formula is C16H21F2N3O2. The number of amides is 3. The minimum atomic E-state index is -0.502. The number of carbonyl (C=O) groups excluding carboxylic acids is 2. The van der Waals surface area contributed by atoms with Crippen molar-refractivity contribution in [1.82, 2.24) is 10.2 Å². The van der Waals surface area contributed by atoms with Crippen LogP contribution in [0.2, 0.25) is 0 Å². The number of benzene rings is 1. The number of likely N-dealkylation sites (tertiary alicyclic amines) is 1. The highest BCUT2D eigenvalue weighted by molar-refractivity contribution is 5.75. The van der Waals surface area contributed by atoms with Gasteiger partial charge in [0.25, 0.3) is 0 Å². The molecule has 1 saturated heterocycles. The number of hydrogen-bond donors (Lipinski definition) is 2. The summed E-state index contributed by atoms with van der Waals surface area (Å²) in [6, 6.07) is 3.01. The highest BCUT2D eigenvalue weighted by atomic mass is 19.1. The second-order valence-electron chi connectivity index (χ2n) is 5.84. The summed E-state index contributed by atoms with van der Waals surface area (Å²) in [5.41, 5.74) is 5.42. The number of primary amides is 1. The van der Waals surface area contributed by atoms with E-state index in [1.54, 1.807) is 4.90 Å². The van der Waals surface area contributed by atoms with Crippen molar-refractivity contribution >= 4 is 11.9 Å². The van der Waals surface area contributed by atoms with E-state index in [-0.39, 0.29) is 42.8 Å². The van der Waals surface area contributed by atoms with Crippen LogP contribution >= 0.6 is 0 Å². The summed E-state index contributed by atoms with van der Waals surface area (Å²) in [5.74, 6) is -1.26. The van der Waals surface area contributed by atoms with Gasteiger partial charge < -0.3 is 16.0 Å². The van der Waals surface area contributed by atoms with E-state index in [1.807, 2.05) is 0 Å². The molecule has 5 nitrogen and oxygen atoms in total. The first-order chi connectivity index (χ1) is 11.0. The lowest BCUT2D eigenvalue weighted by atomic mass is 9.95. The molecule has 1 atom stereocenters. The van der Waals surface area contributed by atoms with Crippen molar-refractivity contribution in [1.29, 1.82) is 0 Å². The molecule has 3 amide bonds. The molecule has 0 saturated carbocycles. The topological polar surface area (TPSA) is 75.4 Å². The Morgan fingerprint density at radius 3 is 2.87 bits per heavy atom. The summed E-state index contributed by atoms with van der Waals surface area (Å²) < 4.78 is 26.6. The van der Waals surface area contributed by atoms with Gasteiger partial charge >= 0.3 is 6.03 Å². The van der Waals surface area contributed by atoms with Crippen molar-refractivity contribution in [3.8, 4) is 0 Å². The molecule has 1 unspecified atom stereocenters. The SMILES string of the molecule is NC(=O)CC1CCCN(C(=O)NCCc2cc(F)ccc2F)C1. The maximum atomic E-state index is 13.5. The number of urea groups is 1. The van der Waals surface area contributed by atoms with E-state index in [0.717, 1.165) is 31.0 Å². The van der Waals surface area contributed by atoms with Gasteiger partial charge in [-0.1, -0.05) is 0 Å². The molecule has 0 spiro atoms. The lowest BCUT2D eigenvalue weighted by Gasteiger charge is -2.32. The molecule has 0 radical (unpaired) electrons. The average molecular weight is 325 g/mol. The van der Waals surface area contributed by atoms with E-state index >= 15 is 0 Å². The number of hydrogen-bond acceptors (Lipinski definition) is 2. The van der Waals surface area contributed by atoms with Crippen molar-refractivity contribution in [2.24, 2.45) is 11.7 Å². The minimum Gasteiger partial charge on any atom is -0.370 e. The van der Waals surface area contributed by atoms with Crippen LogP contribution in [0.4, 0.5) is 13.6 Å². The number of halogens is 2. The number of carbonyl (C=O) groups is 2. The number of nitrogens with zero attached hydrogens (tertiary/aromatic N) is 1. The summed E-state index contributed by atoms with van der Waals surface area (Å²) in [7, 11) is 0. The van der Waals surface area contributed by atoms with Crippen LogP contribution in [0.1, 0.15) is 24.8 Å². The van der Waals surface area contributed by atoms with Crippen LogP contribution in [0.25, 0.3) is 0 Å². The molecule has 1 aliphatic heterocycles. The van der Waals surface area contributed by atoms with Crippen LogP contribution < -0.4 is 11.1 Å². The van der Waals surface area contributed by atoms with Gasteiger partial charge in [0.05, 0.1) is 0 Å². The Morgan fingerprint density at radius 2 is 2.13 bits per heavy atom. The quantitative estimate of drug-likeness (QED) is 0.866. The number of nitrogens with one attached hydrogen (secondary N) is 1. The molecule has 0 bridgehead atoms. The van der Waals surface area contributed by atoms with Gasteiger partial charge in [-0.3, -0.25) is 4.79 Å². The maximum absolute atomic E-state index is 13.5. The van der Waals surface area contributed by atoms with Crippen LogP contribution in [-0.2, 0) is 11.2 Å². The fourth-order valence-corrected chi connectivity index (χ4v) is 2.85. The predicted octanol–water partition coefficient (Wildman–Crippen LogP) is 1.80.